The first-order chi connectivity index (χ1) is 9.93. The number of nitrogens with two attached hydrogens (primary N) is 1. The van der Waals surface area contributed by atoms with Crippen LogP contribution in [-0.4, -0.2) is 45.1 Å². The molecule has 0 radical (unpaired) electrons. The molecule has 1 unspecified atom stereocenters. The lowest BCUT2D eigenvalue weighted by Gasteiger charge is -2.17. The highest BCUT2D eigenvalue weighted by Gasteiger charge is 2.29. The van der Waals surface area contributed by atoms with Gasteiger partial charge in [-0.1, -0.05) is 12.1 Å². The molecule has 1 heterocycles. The second-order valence-corrected chi connectivity index (χ2v) is 4.99. The molecule has 112 valence electrons. The van der Waals surface area contributed by atoms with Gasteiger partial charge in [0.15, 0.2) is 5.84 Å². The van der Waals surface area contributed by atoms with Crippen LogP contribution < -0.4 is 5.73 Å². The largest absolute Gasteiger partial charge is 0.390 e. The third-order valence-corrected chi connectivity index (χ3v) is 3.07. The number of hydrogen-bond donors (Lipinski definition) is 4. The lowest BCUT2D eigenvalue weighted by atomic mass is 10.1. The van der Waals surface area contributed by atoms with Gasteiger partial charge in [-0.05, 0) is 31.5 Å². The summed E-state index contributed by atoms with van der Waals surface area (Å²) in [5.41, 5.74) is 7.28. The van der Waals surface area contributed by atoms with Gasteiger partial charge in [0.1, 0.15) is 17.7 Å². The fourth-order valence-corrected chi connectivity index (χ4v) is 1.95. The summed E-state index contributed by atoms with van der Waals surface area (Å²) in [6.45, 7) is 3.55. The Morgan fingerprint density at radius 3 is 2.43 bits per heavy atom. The highest BCUT2D eigenvalue weighted by Crippen LogP contribution is 2.19. The van der Waals surface area contributed by atoms with Gasteiger partial charge in [0.05, 0.1) is 12.3 Å². The zero-order valence-electron chi connectivity index (χ0n) is 12.0. The summed E-state index contributed by atoms with van der Waals surface area (Å²) in [4.78, 5) is 4.36. The van der Waals surface area contributed by atoms with E-state index in [1.54, 1.807) is 24.3 Å². The first-order valence-corrected chi connectivity index (χ1v) is 6.63. The topological polar surface area (TPSA) is 118 Å². The van der Waals surface area contributed by atoms with E-state index in [9.17, 15) is 10.2 Å². The molecule has 5 N–H and O–H groups in total. The number of nitrogens with one attached hydrogen (secondary N) is 1. The first kappa shape index (κ1) is 15.3. The smallest absolute Gasteiger partial charge is 0.169 e. The molecule has 21 heavy (non-hydrogen) atoms. The van der Waals surface area contributed by atoms with Crippen LogP contribution in [0.2, 0.25) is 0 Å². The second-order valence-electron chi connectivity index (χ2n) is 4.99. The van der Waals surface area contributed by atoms with Crippen molar-refractivity contribution in [2.75, 3.05) is 6.61 Å². The van der Waals surface area contributed by atoms with E-state index in [1.165, 1.54) is 5.01 Å². The van der Waals surface area contributed by atoms with E-state index in [4.69, 9.17) is 11.1 Å². The molecule has 7 nitrogen and oxygen atoms in total. The molecule has 0 aliphatic carbocycles. The fraction of sp³-hybridized carbons (Fsp3) is 0.357. The highest BCUT2D eigenvalue weighted by atomic mass is 16.3. The number of benzene rings is 1. The van der Waals surface area contributed by atoms with E-state index in [0.717, 1.165) is 0 Å². The van der Waals surface area contributed by atoms with Gasteiger partial charge in [0.25, 0.3) is 0 Å². The predicted octanol–water partition coefficient (Wildman–Crippen LogP) is 0.758. The van der Waals surface area contributed by atoms with Crippen LogP contribution in [0, 0.1) is 5.41 Å². The maximum Gasteiger partial charge on any atom is 0.169 e. The SMILES string of the molecule is CC(C)N1N=C(CO)C(=Nc2ccc(C(N)O)cc2)C1=N. The molecule has 1 aromatic carbocycles. The summed E-state index contributed by atoms with van der Waals surface area (Å²) < 4.78 is 0. The predicted molar refractivity (Wildman–Crippen MR) is 81.9 cm³/mol. The van der Waals surface area contributed by atoms with Crippen molar-refractivity contribution >= 4 is 22.9 Å². The van der Waals surface area contributed by atoms with Gasteiger partial charge >= 0.3 is 0 Å². The summed E-state index contributed by atoms with van der Waals surface area (Å²) >= 11 is 0. The quantitative estimate of drug-likeness (QED) is 0.612. The molecular weight excluding hydrogens is 270 g/mol. The molecule has 1 aromatic rings. The molecule has 1 aliphatic heterocycles. The van der Waals surface area contributed by atoms with Crippen LogP contribution in [0.3, 0.4) is 0 Å². The van der Waals surface area contributed by atoms with E-state index >= 15 is 0 Å². The number of aliphatic imine (C=N–C) groups is 1. The van der Waals surface area contributed by atoms with E-state index in [-0.39, 0.29) is 18.5 Å². The van der Waals surface area contributed by atoms with Crippen molar-refractivity contribution in [3.63, 3.8) is 0 Å². The Kier molecular flexibility index (Phi) is 4.46. The van der Waals surface area contributed by atoms with Crippen molar-refractivity contribution in [3.05, 3.63) is 29.8 Å². The van der Waals surface area contributed by atoms with Crippen LogP contribution in [0.15, 0.2) is 34.4 Å². The molecule has 0 spiro atoms. The molecule has 1 aliphatic rings. The van der Waals surface area contributed by atoms with Crippen molar-refractivity contribution < 1.29 is 10.2 Å². The van der Waals surface area contributed by atoms with E-state index in [1.807, 2.05) is 13.8 Å². The fourth-order valence-electron chi connectivity index (χ4n) is 1.95. The molecule has 1 atom stereocenters. The molecule has 0 aromatic heterocycles. The van der Waals surface area contributed by atoms with Gasteiger partial charge in [0, 0.05) is 6.04 Å². The molecular formula is C14H19N5O2. The summed E-state index contributed by atoms with van der Waals surface area (Å²) in [7, 11) is 0. The second kappa shape index (κ2) is 6.13. The van der Waals surface area contributed by atoms with Gasteiger partial charge in [-0.25, -0.2) is 10.0 Å². The molecule has 0 bridgehead atoms. The van der Waals surface area contributed by atoms with Crippen LogP contribution >= 0.6 is 0 Å². The molecule has 0 saturated heterocycles. The summed E-state index contributed by atoms with van der Waals surface area (Å²) in [5, 5.41) is 32.4. The van der Waals surface area contributed by atoms with E-state index in [2.05, 4.69) is 10.1 Å². The normalized spacial score (nSPS) is 18.6. The maximum absolute atomic E-state index is 9.36. The van der Waals surface area contributed by atoms with Crippen LogP contribution in [0.25, 0.3) is 0 Å². The van der Waals surface area contributed by atoms with Crippen LogP contribution in [0.5, 0.6) is 0 Å². The number of hydrogen-bond acceptors (Lipinski definition) is 6. The average Bonchev–Trinajstić information content (AvgIpc) is 2.76. The number of amidine groups is 1. The summed E-state index contributed by atoms with van der Waals surface area (Å²) in [6, 6.07) is 6.73. The average molecular weight is 289 g/mol. The lowest BCUT2D eigenvalue weighted by molar-refractivity contribution is 0.186. The highest BCUT2D eigenvalue weighted by molar-refractivity contribution is 6.70. The number of hydrazone groups is 1. The molecule has 0 saturated carbocycles. The Balaban J connectivity index is 2.31. The summed E-state index contributed by atoms with van der Waals surface area (Å²) in [6.07, 6.45) is -1.03. The summed E-state index contributed by atoms with van der Waals surface area (Å²) in [5.74, 6) is 0.164. The zero-order valence-corrected chi connectivity index (χ0v) is 12.0. The van der Waals surface area contributed by atoms with Crippen LogP contribution in [-0.2, 0) is 0 Å². The number of aliphatic hydroxyl groups excluding tert-OH is 2. The van der Waals surface area contributed by atoms with Crippen molar-refractivity contribution in [1.29, 1.82) is 5.41 Å². The standard InChI is InChI=1S/C14H19N5O2/c1-8(2)19-13(15)12(11(7-20)18-19)17-10-5-3-9(4-6-10)14(16)21/h3-6,8,14-15,20-21H,7,16H2,1-2H3. The minimum atomic E-state index is -1.03. The molecule has 7 heteroatoms. The van der Waals surface area contributed by atoms with Crippen molar-refractivity contribution in [1.82, 2.24) is 5.01 Å². The van der Waals surface area contributed by atoms with E-state index in [0.29, 0.717) is 22.7 Å². The van der Waals surface area contributed by atoms with E-state index < -0.39 is 6.23 Å². The van der Waals surface area contributed by atoms with Crippen molar-refractivity contribution in [2.45, 2.75) is 26.1 Å². The Labute approximate surface area is 122 Å². The van der Waals surface area contributed by atoms with Crippen LogP contribution in [0.1, 0.15) is 25.6 Å². The third-order valence-electron chi connectivity index (χ3n) is 3.07. The molecule has 0 amide bonds. The Hall–Kier alpha value is -2.09. The maximum atomic E-state index is 9.36. The Morgan fingerprint density at radius 1 is 1.33 bits per heavy atom. The third kappa shape index (κ3) is 3.15. The number of rotatable bonds is 4. The molecule has 0 fully saturated rings. The number of nitrogens with zero attached hydrogens (tertiary/aromatic N) is 3. The van der Waals surface area contributed by atoms with Gasteiger partial charge in [-0.15, -0.1) is 0 Å². The zero-order chi connectivity index (χ0) is 15.6. The van der Waals surface area contributed by atoms with Crippen molar-refractivity contribution in [3.8, 4) is 0 Å². The minimum absolute atomic E-state index is 0.0153. The lowest BCUT2D eigenvalue weighted by Crippen LogP contribution is -2.32. The van der Waals surface area contributed by atoms with Gasteiger partial charge in [0.2, 0.25) is 0 Å². The van der Waals surface area contributed by atoms with Crippen LogP contribution in [0.4, 0.5) is 5.69 Å². The minimum Gasteiger partial charge on any atom is -0.390 e. The Bertz CT molecular complexity index is 590. The Morgan fingerprint density at radius 2 is 1.95 bits per heavy atom. The number of aliphatic hydroxyl groups is 2. The van der Waals surface area contributed by atoms with Gasteiger partial charge in [-0.2, -0.15) is 5.10 Å². The van der Waals surface area contributed by atoms with Crippen molar-refractivity contribution in [2.24, 2.45) is 15.8 Å². The molecule has 2 rings (SSSR count). The van der Waals surface area contributed by atoms with Gasteiger partial charge < -0.3 is 15.9 Å². The monoisotopic (exact) mass is 289 g/mol. The van der Waals surface area contributed by atoms with Gasteiger partial charge in [-0.3, -0.25) is 5.41 Å². The first-order valence-electron chi connectivity index (χ1n) is 6.63.